The second kappa shape index (κ2) is 5.63. The maximum Gasteiger partial charge on any atom is 0.0568 e. The second-order valence-corrected chi connectivity index (χ2v) is 7.39. The van der Waals surface area contributed by atoms with Crippen LogP contribution in [0.15, 0.2) is 22.7 Å². The van der Waals surface area contributed by atoms with Gasteiger partial charge in [-0.3, -0.25) is 0 Å². The first kappa shape index (κ1) is 15.1. The zero-order valence-electron chi connectivity index (χ0n) is 11.6. The highest BCUT2D eigenvalue weighted by atomic mass is 79.9. The third-order valence-corrected chi connectivity index (χ3v) is 5.83. The lowest BCUT2D eigenvalue weighted by Crippen LogP contribution is -2.58. The lowest BCUT2D eigenvalue weighted by Gasteiger charge is -2.51. The Bertz CT molecular complexity index is 461. The van der Waals surface area contributed by atoms with Crippen molar-refractivity contribution in [1.82, 2.24) is 0 Å². The van der Waals surface area contributed by atoms with Crippen molar-refractivity contribution in [2.45, 2.75) is 45.1 Å². The molecule has 2 nitrogen and oxygen atoms in total. The molecule has 0 radical (unpaired) electrons. The Hall–Kier alpha value is -0.250. The van der Waals surface area contributed by atoms with E-state index in [2.05, 4.69) is 41.2 Å². The molecule has 1 aliphatic rings. The van der Waals surface area contributed by atoms with Gasteiger partial charge in [0.05, 0.1) is 10.6 Å². The van der Waals surface area contributed by atoms with Gasteiger partial charge in [-0.05, 0) is 52.4 Å². The van der Waals surface area contributed by atoms with Crippen molar-refractivity contribution in [3.05, 3.63) is 27.7 Å². The van der Waals surface area contributed by atoms with E-state index in [1.54, 1.807) is 0 Å². The molecule has 4 heteroatoms. The SMILES string of the molecule is CC1(C)CCCCC1(CN)Nc1ccc(Br)c(Cl)c1. The maximum atomic E-state index is 6.17. The van der Waals surface area contributed by atoms with Crippen molar-refractivity contribution >= 4 is 33.2 Å². The summed E-state index contributed by atoms with van der Waals surface area (Å²) < 4.78 is 0.921. The zero-order chi connectivity index (χ0) is 14.1. The molecule has 1 unspecified atom stereocenters. The van der Waals surface area contributed by atoms with Crippen LogP contribution in [0.5, 0.6) is 0 Å². The summed E-state index contributed by atoms with van der Waals surface area (Å²) in [6.07, 6.45) is 4.85. The Kier molecular flexibility index (Phi) is 4.49. The highest BCUT2D eigenvalue weighted by Gasteiger charge is 2.45. The average Bonchev–Trinajstić information content (AvgIpc) is 2.36. The van der Waals surface area contributed by atoms with E-state index < -0.39 is 0 Å². The number of nitrogens with two attached hydrogens (primary N) is 1. The number of rotatable bonds is 3. The van der Waals surface area contributed by atoms with Crippen LogP contribution in [0.2, 0.25) is 5.02 Å². The molecule has 0 saturated heterocycles. The van der Waals surface area contributed by atoms with E-state index in [1.807, 2.05) is 12.1 Å². The fraction of sp³-hybridized carbons (Fsp3) is 0.600. The van der Waals surface area contributed by atoms with Crippen LogP contribution in [0, 0.1) is 5.41 Å². The minimum Gasteiger partial charge on any atom is -0.378 e. The summed E-state index contributed by atoms with van der Waals surface area (Å²) in [5.74, 6) is 0. The van der Waals surface area contributed by atoms with Crippen molar-refractivity contribution in [2.24, 2.45) is 11.1 Å². The zero-order valence-corrected chi connectivity index (χ0v) is 13.9. The molecule has 0 heterocycles. The van der Waals surface area contributed by atoms with Crippen LogP contribution in [0.25, 0.3) is 0 Å². The van der Waals surface area contributed by atoms with Crippen molar-refractivity contribution in [3.8, 4) is 0 Å². The molecule has 19 heavy (non-hydrogen) atoms. The van der Waals surface area contributed by atoms with Gasteiger partial charge in [0.25, 0.3) is 0 Å². The maximum absolute atomic E-state index is 6.17. The first-order valence-corrected chi connectivity index (χ1v) is 8.01. The van der Waals surface area contributed by atoms with Gasteiger partial charge in [-0.25, -0.2) is 0 Å². The molecular weight excluding hydrogens is 324 g/mol. The van der Waals surface area contributed by atoms with Gasteiger partial charge in [0.2, 0.25) is 0 Å². The molecule has 0 spiro atoms. The van der Waals surface area contributed by atoms with Gasteiger partial charge in [-0.1, -0.05) is 38.3 Å². The average molecular weight is 346 g/mol. The van der Waals surface area contributed by atoms with Crippen LogP contribution in [-0.4, -0.2) is 12.1 Å². The van der Waals surface area contributed by atoms with Crippen molar-refractivity contribution in [1.29, 1.82) is 0 Å². The Morgan fingerprint density at radius 2 is 2.00 bits per heavy atom. The fourth-order valence-electron chi connectivity index (χ4n) is 3.08. The first-order valence-electron chi connectivity index (χ1n) is 6.83. The van der Waals surface area contributed by atoms with E-state index >= 15 is 0 Å². The van der Waals surface area contributed by atoms with Gasteiger partial charge in [0.15, 0.2) is 0 Å². The predicted molar refractivity (Wildman–Crippen MR) is 86.8 cm³/mol. The summed E-state index contributed by atoms with van der Waals surface area (Å²) in [6.45, 7) is 5.27. The number of hydrogen-bond donors (Lipinski definition) is 2. The van der Waals surface area contributed by atoms with Crippen LogP contribution in [0.1, 0.15) is 39.5 Å². The molecule has 0 bridgehead atoms. The molecule has 106 valence electrons. The molecule has 2 rings (SSSR count). The first-order chi connectivity index (χ1) is 8.90. The number of anilines is 1. The van der Waals surface area contributed by atoms with Gasteiger partial charge in [0.1, 0.15) is 0 Å². The molecular formula is C15H22BrClN2. The molecule has 1 aliphatic carbocycles. The second-order valence-electron chi connectivity index (χ2n) is 6.13. The van der Waals surface area contributed by atoms with Gasteiger partial charge in [-0.15, -0.1) is 0 Å². The Labute approximate surface area is 129 Å². The molecule has 1 aromatic rings. The van der Waals surface area contributed by atoms with Crippen LogP contribution in [-0.2, 0) is 0 Å². The number of hydrogen-bond acceptors (Lipinski definition) is 2. The van der Waals surface area contributed by atoms with Gasteiger partial charge >= 0.3 is 0 Å². The molecule has 1 aromatic carbocycles. The summed E-state index contributed by atoms with van der Waals surface area (Å²) >= 11 is 9.60. The largest absolute Gasteiger partial charge is 0.378 e. The normalized spacial score (nSPS) is 26.2. The highest BCUT2D eigenvalue weighted by molar-refractivity contribution is 9.10. The molecule has 0 aromatic heterocycles. The van der Waals surface area contributed by atoms with Gasteiger partial charge < -0.3 is 11.1 Å². The Morgan fingerprint density at radius 1 is 1.32 bits per heavy atom. The van der Waals surface area contributed by atoms with E-state index in [-0.39, 0.29) is 11.0 Å². The molecule has 1 atom stereocenters. The summed E-state index contributed by atoms with van der Waals surface area (Å²) in [7, 11) is 0. The van der Waals surface area contributed by atoms with Crippen LogP contribution >= 0.6 is 27.5 Å². The third kappa shape index (κ3) is 2.93. The van der Waals surface area contributed by atoms with Crippen LogP contribution < -0.4 is 11.1 Å². The van der Waals surface area contributed by atoms with E-state index in [0.29, 0.717) is 6.54 Å². The molecule has 0 amide bonds. The van der Waals surface area contributed by atoms with Gasteiger partial charge in [0, 0.05) is 16.7 Å². The predicted octanol–water partition coefficient (Wildman–Crippen LogP) is 4.81. The lowest BCUT2D eigenvalue weighted by molar-refractivity contribution is 0.125. The van der Waals surface area contributed by atoms with E-state index in [4.69, 9.17) is 17.3 Å². The quantitative estimate of drug-likeness (QED) is 0.825. The van der Waals surface area contributed by atoms with E-state index in [0.717, 1.165) is 21.6 Å². The van der Waals surface area contributed by atoms with Crippen LogP contribution in [0.3, 0.4) is 0 Å². The monoisotopic (exact) mass is 344 g/mol. The molecule has 3 N–H and O–H groups in total. The van der Waals surface area contributed by atoms with Crippen LogP contribution in [0.4, 0.5) is 5.69 Å². The fourth-order valence-corrected chi connectivity index (χ4v) is 3.51. The molecule has 1 fully saturated rings. The standard InChI is InChI=1S/C15H22BrClN2/c1-14(2)7-3-4-8-15(14,10-18)19-11-5-6-12(16)13(17)9-11/h5-6,9,19H,3-4,7-8,10,18H2,1-2H3. The van der Waals surface area contributed by atoms with Crippen molar-refractivity contribution in [2.75, 3.05) is 11.9 Å². The van der Waals surface area contributed by atoms with E-state index in [9.17, 15) is 0 Å². The number of benzene rings is 1. The summed E-state index contributed by atoms with van der Waals surface area (Å²) in [6, 6.07) is 6.00. The topological polar surface area (TPSA) is 38.0 Å². The minimum atomic E-state index is -0.0393. The van der Waals surface area contributed by atoms with Gasteiger partial charge in [-0.2, -0.15) is 0 Å². The Morgan fingerprint density at radius 3 is 2.58 bits per heavy atom. The number of halogens is 2. The Balaban J connectivity index is 2.29. The minimum absolute atomic E-state index is 0.0393. The molecule has 0 aliphatic heterocycles. The smallest absolute Gasteiger partial charge is 0.0568 e. The lowest BCUT2D eigenvalue weighted by atomic mass is 9.63. The summed E-state index contributed by atoms with van der Waals surface area (Å²) in [5.41, 5.74) is 7.33. The summed E-state index contributed by atoms with van der Waals surface area (Å²) in [4.78, 5) is 0. The molecule has 1 saturated carbocycles. The third-order valence-electron chi connectivity index (χ3n) is 4.60. The number of nitrogens with one attached hydrogen (secondary N) is 1. The van der Waals surface area contributed by atoms with Crippen molar-refractivity contribution < 1.29 is 0 Å². The van der Waals surface area contributed by atoms with E-state index in [1.165, 1.54) is 19.3 Å². The summed E-state index contributed by atoms with van der Waals surface area (Å²) in [5, 5.41) is 4.40. The highest BCUT2D eigenvalue weighted by Crippen LogP contribution is 2.45. The van der Waals surface area contributed by atoms with Crippen molar-refractivity contribution in [3.63, 3.8) is 0 Å².